The zero-order valence-electron chi connectivity index (χ0n) is 17.9. The molecule has 0 spiro atoms. The van der Waals surface area contributed by atoms with Crippen molar-refractivity contribution in [2.45, 2.75) is 32.7 Å². The molecule has 31 heavy (non-hydrogen) atoms. The Kier molecular flexibility index (Phi) is 7.82. The number of anilines is 1. The number of hydrogen-bond donors (Lipinski definition) is 2. The zero-order chi connectivity index (χ0) is 22.1. The maximum Gasteiger partial charge on any atom is 0.262 e. The van der Waals surface area contributed by atoms with Gasteiger partial charge in [-0.05, 0) is 47.7 Å². The topological polar surface area (TPSA) is 67.4 Å². The fourth-order valence-electron chi connectivity index (χ4n) is 3.13. The highest BCUT2D eigenvalue weighted by Crippen LogP contribution is 2.21. The van der Waals surface area contributed by atoms with Crippen molar-refractivity contribution in [1.82, 2.24) is 5.32 Å². The lowest BCUT2D eigenvalue weighted by atomic mass is 9.99. The molecule has 0 aliphatic heterocycles. The van der Waals surface area contributed by atoms with E-state index in [9.17, 15) is 9.59 Å². The van der Waals surface area contributed by atoms with Gasteiger partial charge in [0.15, 0.2) is 6.61 Å². The first-order chi connectivity index (χ1) is 15.1. The Labute approximate surface area is 183 Å². The van der Waals surface area contributed by atoms with E-state index in [1.165, 1.54) is 5.56 Å². The normalized spacial score (nSPS) is 11.4. The third-order valence-electron chi connectivity index (χ3n) is 5.17. The first-order valence-electron chi connectivity index (χ1n) is 10.5. The summed E-state index contributed by atoms with van der Waals surface area (Å²) in [4.78, 5) is 25.0. The molecule has 1 unspecified atom stereocenters. The largest absolute Gasteiger partial charge is 0.484 e. The molecule has 2 amide bonds. The summed E-state index contributed by atoms with van der Waals surface area (Å²) in [6.45, 7) is 4.61. The molecule has 3 rings (SSSR count). The fourth-order valence-corrected chi connectivity index (χ4v) is 3.13. The van der Waals surface area contributed by atoms with Crippen LogP contribution in [0.2, 0.25) is 0 Å². The molecule has 3 aromatic carbocycles. The Morgan fingerprint density at radius 1 is 0.903 bits per heavy atom. The maximum atomic E-state index is 12.6. The van der Waals surface area contributed by atoms with Gasteiger partial charge in [-0.25, -0.2) is 0 Å². The van der Waals surface area contributed by atoms with Crippen LogP contribution in [-0.2, 0) is 11.3 Å². The summed E-state index contributed by atoms with van der Waals surface area (Å²) in [6.07, 6.45) is 1.07. The molecule has 0 aliphatic carbocycles. The standard InChI is InChI=1S/C26H28N2O3/c1-3-19(2)21-13-15-22(16-14-21)31-18-25(29)28-24-12-8-7-11-23(24)26(30)27-17-20-9-5-4-6-10-20/h4-16,19H,3,17-18H2,1-2H3,(H,27,30)(H,28,29). The highest BCUT2D eigenvalue weighted by Gasteiger charge is 2.13. The van der Waals surface area contributed by atoms with Crippen LogP contribution in [0.4, 0.5) is 5.69 Å². The van der Waals surface area contributed by atoms with E-state index < -0.39 is 0 Å². The van der Waals surface area contributed by atoms with Gasteiger partial charge >= 0.3 is 0 Å². The van der Waals surface area contributed by atoms with Gasteiger partial charge in [0, 0.05) is 6.54 Å². The van der Waals surface area contributed by atoms with Crippen LogP contribution in [0.1, 0.15) is 47.7 Å². The van der Waals surface area contributed by atoms with Gasteiger partial charge in [0.2, 0.25) is 0 Å². The number of nitrogens with one attached hydrogen (secondary N) is 2. The van der Waals surface area contributed by atoms with E-state index >= 15 is 0 Å². The predicted octanol–water partition coefficient (Wildman–Crippen LogP) is 5.15. The average molecular weight is 417 g/mol. The molecule has 0 heterocycles. The summed E-state index contributed by atoms with van der Waals surface area (Å²) in [5.74, 6) is 0.550. The average Bonchev–Trinajstić information content (AvgIpc) is 2.82. The lowest BCUT2D eigenvalue weighted by molar-refractivity contribution is -0.118. The van der Waals surface area contributed by atoms with Crippen molar-refractivity contribution < 1.29 is 14.3 Å². The summed E-state index contributed by atoms with van der Waals surface area (Å²) < 4.78 is 5.60. The van der Waals surface area contributed by atoms with Crippen LogP contribution in [0, 0.1) is 0 Å². The summed E-state index contributed by atoms with van der Waals surface area (Å²) in [5, 5.41) is 5.66. The van der Waals surface area contributed by atoms with Crippen LogP contribution in [0.25, 0.3) is 0 Å². The van der Waals surface area contributed by atoms with Crippen LogP contribution in [0.15, 0.2) is 78.9 Å². The summed E-state index contributed by atoms with van der Waals surface area (Å²) in [6, 6.07) is 24.4. The molecule has 160 valence electrons. The quantitative estimate of drug-likeness (QED) is 0.507. The van der Waals surface area contributed by atoms with Gasteiger partial charge < -0.3 is 15.4 Å². The van der Waals surface area contributed by atoms with Crippen molar-refractivity contribution in [2.24, 2.45) is 0 Å². The molecule has 0 bridgehead atoms. The zero-order valence-corrected chi connectivity index (χ0v) is 17.9. The molecule has 3 aromatic rings. The molecule has 5 nitrogen and oxygen atoms in total. The van der Waals surface area contributed by atoms with Crippen LogP contribution in [0.3, 0.4) is 0 Å². The third-order valence-corrected chi connectivity index (χ3v) is 5.17. The predicted molar refractivity (Wildman–Crippen MR) is 123 cm³/mol. The van der Waals surface area contributed by atoms with Gasteiger partial charge in [-0.15, -0.1) is 0 Å². The number of carbonyl (C=O) groups excluding carboxylic acids is 2. The molecule has 2 N–H and O–H groups in total. The van der Waals surface area contributed by atoms with E-state index in [-0.39, 0.29) is 18.4 Å². The third kappa shape index (κ3) is 6.44. The molecule has 0 fully saturated rings. The fraction of sp³-hybridized carbons (Fsp3) is 0.231. The lowest BCUT2D eigenvalue weighted by Gasteiger charge is -2.13. The molecule has 0 aromatic heterocycles. The number of rotatable bonds is 9. The van der Waals surface area contributed by atoms with E-state index in [0.29, 0.717) is 29.5 Å². The van der Waals surface area contributed by atoms with Gasteiger partial charge in [-0.1, -0.05) is 68.4 Å². The van der Waals surface area contributed by atoms with Crippen LogP contribution < -0.4 is 15.4 Å². The lowest BCUT2D eigenvalue weighted by Crippen LogP contribution is -2.26. The molecule has 0 radical (unpaired) electrons. The molecule has 0 saturated heterocycles. The van der Waals surface area contributed by atoms with Crippen molar-refractivity contribution in [3.8, 4) is 5.75 Å². The second kappa shape index (κ2) is 11.0. The number of amides is 2. The van der Waals surface area contributed by atoms with Crippen LogP contribution >= 0.6 is 0 Å². The Hall–Kier alpha value is -3.60. The van der Waals surface area contributed by atoms with Crippen molar-refractivity contribution in [2.75, 3.05) is 11.9 Å². The molecule has 1 atom stereocenters. The van der Waals surface area contributed by atoms with Crippen molar-refractivity contribution in [3.63, 3.8) is 0 Å². The second-order valence-electron chi connectivity index (χ2n) is 7.43. The SMILES string of the molecule is CCC(C)c1ccc(OCC(=O)Nc2ccccc2C(=O)NCc2ccccc2)cc1. The van der Waals surface area contributed by atoms with Crippen molar-refractivity contribution >= 4 is 17.5 Å². The molecular weight excluding hydrogens is 388 g/mol. The summed E-state index contributed by atoms with van der Waals surface area (Å²) in [5.41, 5.74) is 3.11. The highest BCUT2D eigenvalue weighted by atomic mass is 16.5. The number of ether oxygens (including phenoxy) is 1. The minimum Gasteiger partial charge on any atom is -0.484 e. The Morgan fingerprint density at radius 3 is 2.29 bits per heavy atom. The molecule has 0 saturated carbocycles. The smallest absolute Gasteiger partial charge is 0.262 e. The maximum absolute atomic E-state index is 12.6. The van der Waals surface area contributed by atoms with Crippen molar-refractivity contribution in [1.29, 1.82) is 0 Å². The van der Waals surface area contributed by atoms with E-state index in [4.69, 9.17) is 4.74 Å². The minimum atomic E-state index is -0.325. The highest BCUT2D eigenvalue weighted by molar-refractivity contribution is 6.04. The summed E-state index contributed by atoms with van der Waals surface area (Å²) >= 11 is 0. The van der Waals surface area contributed by atoms with Gasteiger partial charge in [-0.2, -0.15) is 0 Å². The molecular formula is C26H28N2O3. The Morgan fingerprint density at radius 2 is 1.58 bits per heavy atom. The monoisotopic (exact) mass is 416 g/mol. The molecule has 5 heteroatoms. The first kappa shape index (κ1) is 22.1. The number of carbonyl (C=O) groups is 2. The Balaban J connectivity index is 1.56. The van der Waals surface area contributed by atoms with E-state index in [1.54, 1.807) is 24.3 Å². The van der Waals surface area contributed by atoms with E-state index in [0.717, 1.165) is 12.0 Å². The Bertz CT molecular complexity index is 1000. The number of hydrogen-bond acceptors (Lipinski definition) is 3. The molecule has 0 aliphatic rings. The summed E-state index contributed by atoms with van der Waals surface area (Å²) in [7, 11) is 0. The van der Waals surface area contributed by atoms with Crippen LogP contribution in [-0.4, -0.2) is 18.4 Å². The van der Waals surface area contributed by atoms with Gasteiger partial charge in [0.25, 0.3) is 11.8 Å². The number of benzene rings is 3. The van der Waals surface area contributed by atoms with E-state index in [1.807, 2.05) is 54.6 Å². The van der Waals surface area contributed by atoms with Gasteiger partial charge in [0.05, 0.1) is 11.3 Å². The van der Waals surface area contributed by atoms with Crippen molar-refractivity contribution in [3.05, 3.63) is 95.6 Å². The van der Waals surface area contributed by atoms with Gasteiger partial charge in [-0.3, -0.25) is 9.59 Å². The van der Waals surface area contributed by atoms with Crippen LogP contribution in [0.5, 0.6) is 5.75 Å². The van der Waals surface area contributed by atoms with Gasteiger partial charge in [0.1, 0.15) is 5.75 Å². The number of para-hydroxylation sites is 1. The van der Waals surface area contributed by atoms with E-state index in [2.05, 4.69) is 24.5 Å². The first-order valence-corrected chi connectivity index (χ1v) is 10.5. The second-order valence-corrected chi connectivity index (χ2v) is 7.43. The minimum absolute atomic E-state index is 0.136.